The summed E-state index contributed by atoms with van der Waals surface area (Å²) in [7, 11) is 0. The first-order valence-corrected chi connectivity index (χ1v) is 7.00. The number of epoxide rings is 1. The third kappa shape index (κ3) is 1.11. The highest BCUT2D eigenvalue weighted by Crippen LogP contribution is 2.65. The zero-order valence-corrected chi connectivity index (χ0v) is 10.2. The van der Waals surface area contributed by atoms with Gasteiger partial charge in [-0.2, -0.15) is 0 Å². The number of hydrogen-bond donors (Lipinski definition) is 0. The van der Waals surface area contributed by atoms with Crippen LogP contribution < -0.4 is 0 Å². The molecule has 0 spiro atoms. The van der Waals surface area contributed by atoms with Crippen molar-refractivity contribution in [3.8, 4) is 0 Å². The van der Waals surface area contributed by atoms with Crippen molar-refractivity contribution < 1.29 is 4.74 Å². The number of allylic oxidation sites excluding steroid dienone is 1. The summed E-state index contributed by atoms with van der Waals surface area (Å²) in [6.45, 7) is 6.26. The van der Waals surface area contributed by atoms with E-state index >= 15 is 0 Å². The standard InChI is InChI=1S/C15H22O/c1-3-4-9-5-10-6-11(9)13-8-15(2)14(16-15)7-12(10)13/h3,9-14H,1,4-8H2,2H3/t9-,10+,11-,12+,13+,14-,15+/m1/s1. The minimum Gasteiger partial charge on any atom is -0.366 e. The van der Waals surface area contributed by atoms with Crippen LogP contribution in [-0.2, 0) is 4.74 Å². The lowest BCUT2D eigenvalue weighted by atomic mass is 9.64. The molecule has 1 heterocycles. The van der Waals surface area contributed by atoms with E-state index in [1.165, 1.54) is 32.1 Å². The highest BCUT2D eigenvalue weighted by Gasteiger charge is 2.64. The second kappa shape index (κ2) is 2.93. The van der Waals surface area contributed by atoms with Gasteiger partial charge in [0.25, 0.3) is 0 Å². The first-order valence-electron chi connectivity index (χ1n) is 7.00. The summed E-state index contributed by atoms with van der Waals surface area (Å²) in [5, 5.41) is 0. The monoisotopic (exact) mass is 218 g/mol. The van der Waals surface area contributed by atoms with Gasteiger partial charge in [-0.25, -0.2) is 0 Å². The molecule has 0 N–H and O–H groups in total. The Bertz CT molecular complexity index is 336. The van der Waals surface area contributed by atoms with Crippen LogP contribution in [0.25, 0.3) is 0 Å². The predicted octanol–water partition coefficient (Wildman–Crippen LogP) is 3.40. The van der Waals surface area contributed by atoms with E-state index in [4.69, 9.17) is 4.74 Å². The van der Waals surface area contributed by atoms with Crippen molar-refractivity contribution in [2.24, 2.45) is 29.6 Å². The van der Waals surface area contributed by atoms with Gasteiger partial charge in [0.15, 0.2) is 0 Å². The molecule has 4 fully saturated rings. The zero-order valence-electron chi connectivity index (χ0n) is 10.2. The summed E-state index contributed by atoms with van der Waals surface area (Å²) < 4.78 is 5.90. The summed E-state index contributed by atoms with van der Waals surface area (Å²) in [6.07, 6.45) is 9.77. The lowest BCUT2D eigenvalue weighted by Gasteiger charge is -2.39. The molecule has 0 aromatic rings. The van der Waals surface area contributed by atoms with E-state index in [9.17, 15) is 0 Å². The van der Waals surface area contributed by atoms with Gasteiger partial charge in [0.2, 0.25) is 0 Å². The fraction of sp³-hybridized carbons (Fsp3) is 0.867. The molecule has 4 rings (SSSR count). The molecule has 0 aromatic heterocycles. The highest BCUT2D eigenvalue weighted by molar-refractivity contribution is 5.13. The summed E-state index contributed by atoms with van der Waals surface area (Å²) in [5.41, 5.74) is 0.296. The molecule has 88 valence electrons. The summed E-state index contributed by atoms with van der Waals surface area (Å²) in [6, 6.07) is 0. The number of hydrogen-bond acceptors (Lipinski definition) is 1. The van der Waals surface area contributed by atoms with Gasteiger partial charge in [0.05, 0.1) is 11.7 Å². The summed E-state index contributed by atoms with van der Waals surface area (Å²) in [5.74, 6) is 5.02. The number of rotatable bonds is 2. The largest absolute Gasteiger partial charge is 0.366 e. The lowest BCUT2D eigenvalue weighted by molar-refractivity contribution is 0.113. The van der Waals surface area contributed by atoms with Gasteiger partial charge in [-0.1, -0.05) is 6.08 Å². The molecule has 3 saturated carbocycles. The first-order chi connectivity index (χ1) is 7.71. The molecule has 1 nitrogen and oxygen atoms in total. The molecule has 3 aliphatic carbocycles. The van der Waals surface area contributed by atoms with Crippen LogP contribution >= 0.6 is 0 Å². The maximum atomic E-state index is 5.90. The van der Waals surface area contributed by atoms with Crippen molar-refractivity contribution in [1.29, 1.82) is 0 Å². The van der Waals surface area contributed by atoms with Gasteiger partial charge >= 0.3 is 0 Å². The van der Waals surface area contributed by atoms with Crippen LogP contribution in [0.5, 0.6) is 0 Å². The van der Waals surface area contributed by atoms with E-state index in [0.29, 0.717) is 11.7 Å². The van der Waals surface area contributed by atoms with Crippen LogP contribution in [-0.4, -0.2) is 11.7 Å². The maximum absolute atomic E-state index is 5.90. The van der Waals surface area contributed by atoms with Gasteiger partial charge in [0.1, 0.15) is 0 Å². The smallest absolute Gasteiger partial charge is 0.0923 e. The van der Waals surface area contributed by atoms with Gasteiger partial charge in [-0.05, 0) is 68.6 Å². The summed E-state index contributed by atoms with van der Waals surface area (Å²) in [4.78, 5) is 0. The van der Waals surface area contributed by atoms with Crippen molar-refractivity contribution in [3.05, 3.63) is 12.7 Å². The van der Waals surface area contributed by atoms with E-state index in [0.717, 1.165) is 29.6 Å². The van der Waals surface area contributed by atoms with Gasteiger partial charge in [0, 0.05) is 0 Å². The number of fused-ring (bicyclic) bond motifs is 6. The van der Waals surface area contributed by atoms with E-state index in [-0.39, 0.29) is 0 Å². The van der Waals surface area contributed by atoms with E-state index in [2.05, 4.69) is 19.6 Å². The fourth-order valence-electron chi connectivity index (χ4n) is 5.38. The average Bonchev–Trinajstić information content (AvgIpc) is 2.61. The maximum Gasteiger partial charge on any atom is 0.0923 e. The Balaban J connectivity index is 1.57. The molecule has 0 unspecified atom stereocenters. The Labute approximate surface area is 98.2 Å². The van der Waals surface area contributed by atoms with Gasteiger partial charge < -0.3 is 4.74 Å². The SMILES string of the molecule is C=CC[C@@H]1C[C@H]2C[C@H]1[C@@H]1C[C@]3(C)O[C@@H]3C[C@@H]21. The van der Waals surface area contributed by atoms with Gasteiger partial charge in [-0.15, -0.1) is 6.58 Å². The third-order valence-electron chi connectivity index (χ3n) is 6.12. The Hall–Kier alpha value is -0.300. The van der Waals surface area contributed by atoms with Crippen molar-refractivity contribution in [1.82, 2.24) is 0 Å². The van der Waals surface area contributed by atoms with Crippen LogP contribution in [0.2, 0.25) is 0 Å². The molecule has 7 atom stereocenters. The fourth-order valence-corrected chi connectivity index (χ4v) is 5.38. The second-order valence-electron chi connectivity index (χ2n) is 6.87. The molecule has 0 amide bonds. The van der Waals surface area contributed by atoms with E-state index < -0.39 is 0 Å². The van der Waals surface area contributed by atoms with Crippen molar-refractivity contribution in [2.75, 3.05) is 0 Å². The minimum absolute atomic E-state index is 0.296. The topological polar surface area (TPSA) is 12.5 Å². The molecular weight excluding hydrogens is 196 g/mol. The Morgan fingerprint density at radius 3 is 2.94 bits per heavy atom. The number of ether oxygens (including phenoxy) is 1. The van der Waals surface area contributed by atoms with E-state index in [1.54, 1.807) is 0 Å². The zero-order chi connectivity index (χ0) is 10.9. The Morgan fingerprint density at radius 2 is 2.12 bits per heavy atom. The molecule has 16 heavy (non-hydrogen) atoms. The molecule has 1 saturated heterocycles. The summed E-state index contributed by atoms with van der Waals surface area (Å²) >= 11 is 0. The quantitative estimate of drug-likeness (QED) is 0.511. The third-order valence-corrected chi connectivity index (χ3v) is 6.12. The minimum atomic E-state index is 0.296. The normalized spacial score (nSPS) is 61.6. The van der Waals surface area contributed by atoms with Crippen LogP contribution in [0.3, 0.4) is 0 Å². The first kappa shape index (κ1) is 9.70. The second-order valence-corrected chi connectivity index (χ2v) is 6.87. The predicted molar refractivity (Wildman–Crippen MR) is 64.0 cm³/mol. The van der Waals surface area contributed by atoms with Gasteiger partial charge in [-0.3, -0.25) is 0 Å². The van der Waals surface area contributed by atoms with Crippen molar-refractivity contribution in [2.45, 2.75) is 50.7 Å². The molecule has 1 heteroatoms. The van der Waals surface area contributed by atoms with Crippen molar-refractivity contribution in [3.63, 3.8) is 0 Å². The highest BCUT2D eigenvalue weighted by atomic mass is 16.6. The molecule has 2 bridgehead atoms. The molecule has 1 aliphatic heterocycles. The average molecular weight is 218 g/mol. The molecular formula is C15H22O. The Kier molecular flexibility index (Phi) is 1.78. The molecule has 0 aromatic carbocycles. The molecule has 4 aliphatic rings. The Morgan fingerprint density at radius 1 is 1.25 bits per heavy atom. The van der Waals surface area contributed by atoms with E-state index in [1.807, 2.05) is 0 Å². The van der Waals surface area contributed by atoms with Crippen LogP contribution in [0.15, 0.2) is 12.7 Å². The molecule has 0 radical (unpaired) electrons. The van der Waals surface area contributed by atoms with Crippen LogP contribution in [0.4, 0.5) is 0 Å². The van der Waals surface area contributed by atoms with Crippen LogP contribution in [0, 0.1) is 29.6 Å². The van der Waals surface area contributed by atoms with Crippen molar-refractivity contribution >= 4 is 0 Å². The van der Waals surface area contributed by atoms with Crippen LogP contribution in [0.1, 0.15) is 39.0 Å². The lowest BCUT2D eigenvalue weighted by Crippen LogP contribution is -2.36.